The number of aromatic nitrogens is 1. The van der Waals surface area contributed by atoms with Crippen molar-refractivity contribution in [3.8, 4) is 17.0 Å². The van der Waals surface area contributed by atoms with E-state index in [2.05, 4.69) is 24.4 Å². The summed E-state index contributed by atoms with van der Waals surface area (Å²) in [7, 11) is 0. The first-order valence-electron chi connectivity index (χ1n) is 10.6. The van der Waals surface area contributed by atoms with Crippen molar-refractivity contribution in [2.45, 2.75) is 13.8 Å². The molecular formula is C27H25N3O2. The number of rotatable bonds is 7. The largest absolute Gasteiger partial charge is 0.493 e. The summed E-state index contributed by atoms with van der Waals surface area (Å²) in [6, 6.07) is 26.8. The highest BCUT2D eigenvalue weighted by Crippen LogP contribution is 2.27. The van der Waals surface area contributed by atoms with E-state index in [-0.39, 0.29) is 5.91 Å². The molecule has 160 valence electrons. The third-order valence-corrected chi connectivity index (χ3v) is 4.85. The first kappa shape index (κ1) is 21.2. The van der Waals surface area contributed by atoms with E-state index < -0.39 is 0 Å². The lowest BCUT2D eigenvalue weighted by Crippen LogP contribution is -2.18. The second kappa shape index (κ2) is 9.88. The van der Waals surface area contributed by atoms with Crippen molar-refractivity contribution in [1.82, 2.24) is 10.4 Å². The highest BCUT2D eigenvalue weighted by Gasteiger charge is 2.14. The molecule has 4 rings (SSSR count). The standard InChI is InChI=1S/C27H25N3O2/c1-19(2)18-32-22-12-8-11-21(15-22)26-16-24(23-13-6-7-14-25(23)29-26)27(31)30-28-17-20-9-4-3-5-10-20/h3-17,19H,18H2,1-2H3,(H,30,31)/b28-17-. The van der Waals surface area contributed by atoms with Gasteiger partial charge in [-0.2, -0.15) is 5.10 Å². The molecule has 0 unspecified atom stereocenters. The van der Waals surface area contributed by atoms with E-state index in [1.807, 2.05) is 78.9 Å². The molecule has 5 heteroatoms. The molecule has 0 aliphatic rings. The molecule has 3 aromatic carbocycles. The van der Waals surface area contributed by atoms with E-state index >= 15 is 0 Å². The molecule has 0 radical (unpaired) electrons. The maximum absolute atomic E-state index is 13.0. The van der Waals surface area contributed by atoms with E-state index in [0.29, 0.717) is 23.8 Å². The smallest absolute Gasteiger partial charge is 0.272 e. The van der Waals surface area contributed by atoms with E-state index in [9.17, 15) is 4.79 Å². The van der Waals surface area contributed by atoms with Gasteiger partial charge in [-0.25, -0.2) is 10.4 Å². The Morgan fingerprint density at radius 1 is 1.00 bits per heavy atom. The van der Waals surface area contributed by atoms with Crippen molar-refractivity contribution in [2.75, 3.05) is 6.61 Å². The molecule has 32 heavy (non-hydrogen) atoms. The third-order valence-electron chi connectivity index (χ3n) is 4.85. The van der Waals surface area contributed by atoms with Crippen molar-refractivity contribution < 1.29 is 9.53 Å². The van der Waals surface area contributed by atoms with Gasteiger partial charge in [-0.3, -0.25) is 4.79 Å². The van der Waals surface area contributed by atoms with Gasteiger partial charge >= 0.3 is 0 Å². The molecule has 5 nitrogen and oxygen atoms in total. The second-order valence-electron chi connectivity index (χ2n) is 7.91. The van der Waals surface area contributed by atoms with Crippen molar-refractivity contribution in [1.29, 1.82) is 0 Å². The molecule has 0 spiro atoms. The number of ether oxygens (including phenoxy) is 1. The van der Waals surface area contributed by atoms with Crippen LogP contribution in [0, 0.1) is 5.92 Å². The van der Waals surface area contributed by atoms with Crippen LogP contribution in [0.3, 0.4) is 0 Å². The highest BCUT2D eigenvalue weighted by atomic mass is 16.5. The van der Waals surface area contributed by atoms with Gasteiger partial charge in [0.15, 0.2) is 0 Å². The van der Waals surface area contributed by atoms with Gasteiger partial charge in [0, 0.05) is 10.9 Å². The summed E-state index contributed by atoms with van der Waals surface area (Å²) in [4.78, 5) is 17.8. The predicted molar refractivity (Wildman–Crippen MR) is 129 cm³/mol. The molecule has 1 amide bonds. The number of hydrogen-bond acceptors (Lipinski definition) is 4. The molecule has 0 saturated heterocycles. The molecule has 0 saturated carbocycles. The lowest BCUT2D eigenvalue weighted by molar-refractivity contribution is 0.0956. The van der Waals surface area contributed by atoms with Gasteiger partial charge in [-0.1, -0.05) is 74.5 Å². The number of para-hydroxylation sites is 1. The van der Waals surface area contributed by atoms with Crippen LogP contribution in [-0.4, -0.2) is 23.7 Å². The minimum atomic E-state index is -0.288. The van der Waals surface area contributed by atoms with Crippen molar-refractivity contribution in [3.05, 3.63) is 96.1 Å². The first-order chi connectivity index (χ1) is 15.6. The van der Waals surface area contributed by atoms with Gasteiger partial charge < -0.3 is 4.74 Å². The first-order valence-corrected chi connectivity index (χ1v) is 10.6. The zero-order chi connectivity index (χ0) is 22.3. The van der Waals surface area contributed by atoms with Gasteiger partial charge in [-0.15, -0.1) is 0 Å². The number of pyridine rings is 1. The summed E-state index contributed by atoms with van der Waals surface area (Å²) in [5, 5.41) is 4.89. The predicted octanol–water partition coefficient (Wildman–Crippen LogP) is 5.70. The van der Waals surface area contributed by atoms with Gasteiger partial charge in [0.05, 0.1) is 29.6 Å². The summed E-state index contributed by atoms with van der Waals surface area (Å²) in [6.45, 7) is 4.86. The molecule has 0 bridgehead atoms. The Morgan fingerprint density at radius 2 is 1.78 bits per heavy atom. The molecule has 0 aliphatic carbocycles. The Morgan fingerprint density at radius 3 is 2.59 bits per heavy atom. The van der Waals surface area contributed by atoms with Gasteiger partial charge in [0.1, 0.15) is 5.75 Å². The van der Waals surface area contributed by atoms with Gasteiger partial charge in [0.2, 0.25) is 0 Å². The number of fused-ring (bicyclic) bond motifs is 1. The number of carbonyl (C=O) groups is 1. The van der Waals surface area contributed by atoms with Crippen LogP contribution in [-0.2, 0) is 0 Å². The zero-order valence-electron chi connectivity index (χ0n) is 18.2. The Kier molecular flexibility index (Phi) is 6.56. The summed E-state index contributed by atoms with van der Waals surface area (Å²) >= 11 is 0. The number of nitrogens with zero attached hydrogens (tertiary/aromatic N) is 2. The maximum atomic E-state index is 13.0. The van der Waals surface area contributed by atoms with Crippen molar-refractivity contribution in [3.63, 3.8) is 0 Å². The molecule has 0 fully saturated rings. The topological polar surface area (TPSA) is 63.6 Å². The van der Waals surface area contributed by atoms with Crippen LogP contribution in [0.4, 0.5) is 0 Å². The SMILES string of the molecule is CC(C)COc1cccc(-c2cc(C(=O)N/N=C\c3ccccc3)c3ccccc3n2)c1. The Balaban J connectivity index is 1.65. The number of benzene rings is 3. The molecule has 4 aromatic rings. The fourth-order valence-electron chi connectivity index (χ4n) is 3.28. The number of hydrazone groups is 1. The lowest BCUT2D eigenvalue weighted by atomic mass is 10.0. The van der Waals surface area contributed by atoms with E-state index in [1.165, 1.54) is 0 Å². The third kappa shape index (κ3) is 5.19. The van der Waals surface area contributed by atoms with Gasteiger partial charge in [0.25, 0.3) is 5.91 Å². The minimum absolute atomic E-state index is 0.288. The molecule has 0 atom stereocenters. The van der Waals surface area contributed by atoms with Crippen LogP contribution >= 0.6 is 0 Å². The van der Waals surface area contributed by atoms with E-state index in [4.69, 9.17) is 9.72 Å². The van der Waals surface area contributed by atoms with Crippen molar-refractivity contribution in [2.24, 2.45) is 11.0 Å². The summed E-state index contributed by atoms with van der Waals surface area (Å²) in [6.07, 6.45) is 1.62. The average Bonchev–Trinajstić information content (AvgIpc) is 2.83. The van der Waals surface area contributed by atoms with Crippen LogP contribution in [0.25, 0.3) is 22.2 Å². The lowest BCUT2D eigenvalue weighted by Gasteiger charge is -2.11. The second-order valence-corrected chi connectivity index (χ2v) is 7.91. The van der Waals surface area contributed by atoms with Crippen molar-refractivity contribution >= 4 is 23.0 Å². The Bertz CT molecular complexity index is 1250. The normalized spacial score (nSPS) is 11.2. The summed E-state index contributed by atoms with van der Waals surface area (Å²) < 4.78 is 5.86. The fraction of sp³-hybridized carbons (Fsp3) is 0.148. The molecular weight excluding hydrogens is 398 g/mol. The molecule has 1 N–H and O–H groups in total. The fourth-order valence-corrected chi connectivity index (χ4v) is 3.28. The van der Waals surface area contributed by atoms with E-state index in [1.54, 1.807) is 12.3 Å². The Hall–Kier alpha value is -3.99. The monoisotopic (exact) mass is 423 g/mol. The number of carbonyl (C=O) groups excluding carboxylic acids is 1. The van der Waals surface area contributed by atoms with Gasteiger partial charge in [-0.05, 0) is 35.7 Å². The number of nitrogens with one attached hydrogen (secondary N) is 1. The maximum Gasteiger partial charge on any atom is 0.272 e. The minimum Gasteiger partial charge on any atom is -0.493 e. The van der Waals surface area contributed by atoms with Crippen LogP contribution in [0.1, 0.15) is 29.8 Å². The van der Waals surface area contributed by atoms with Crippen LogP contribution < -0.4 is 10.2 Å². The number of hydrogen-bond donors (Lipinski definition) is 1. The summed E-state index contributed by atoms with van der Waals surface area (Å²) in [5.41, 5.74) is 6.41. The van der Waals surface area contributed by atoms with Crippen LogP contribution in [0.15, 0.2) is 90.0 Å². The number of amides is 1. The molecule has 1 heterocycles. The average molecular weight is 424 g/mol. The van der Waals surface area contributed by atoms with Crippen LogP contribution in [0.2, 0.25) is 0 Å². The van der Waals surface area contributed by atoms with Crippen LogP contribution in [0.5, 0.6) is 5.75 Å². The highest BCUT2D eigenvalue weighted by molar-refractivity contribution is 6.07. The quantitative estimate of drug-likeness (QED) is 0.306. The molecule has 1 aromatic heterocycles. The van der Waals surface area contributed by atoms with E-state index in [0.717, 1.165) is 27.8 Å². The zero-order valence-corrected chi connectivity index (χ0v) is 18.2. The Labute approximate surface area is 187 Å². The molecule has 0 aliphatic heterocycles. The summed E-state index contributed by atoms with van der Waals surface area (Å²) in [5.74, 6) is 0.929.